The smallest absolute Gasteiger partial charge is 0.320 e. The van der Waals surface area contributed by atoms with Crippen molar-refractivity contribution < 1.29 is 43.6 Å². The number of ether oxygens (including phenoxy) is 1. The summed E-state index contributed by atoms with van der Waals surface area (Å²) in [5.41, 5.74) is 10.9. The molecule has 0 saturated heterocycles. The molecular weight excluding hydrogens is 562 g/mol. The van der Waals surface area contributed by atoms with E-state index in [0.29, 0.717) is 27.6 Å². The minimum Gasteiger partial charge on any atom is -0.352 e. The number of rotatable bonds is 4. The number of amides is 8. The van der Waals surface area contributed by atoms with Gasteiger partial charge in [0, 0.05) is 40.1 Å². The standard InChI is InChI=1S/C15H13NO5.C12H7NO2.C2H5N3O2/c1-20-12(21-19)8-16-14(17)10-6-2-4-9-5-3-7-11(13(9)10)15(16)18;14-11-8-5-1-3-7-4-2-6-9(10(7)8)12(15)13-11;3-1(6)5-2(4)7/h2-7,12,19H,8H2,1H3;1-6H,(H,13,14,15);(H5,3,4,5,6,7). The zero-order valence-electron chi connectivity index (χ0n) is 22.5. The third kappa shape index (κ3) is 6.31. The predicted molar refractivity (Wildman–Crippen MR) is 152 cm³/mol. The van der Waals surface area contributed by atoms with E-state index in [1.165, 1.54) is 7.11 Å². The Balaban J connectivity index is 0.000000167. The SMILES string of the molecule is COC(CN1C(=O)c2cccc3cccc(c23)C1=O)OO.NC(=O)NC(N)=O.O=C1NC(=O)c2cccc3cccc1c23. The summed E-state index contributed by atoms with van der Waals surface area (Å²) in [7, 11) is 1.31. The van der Waals surface area contributed by atoms with Gasteiger partial charge in [0.05, 0.1) is 6.54 Å². The van der Waals surface area contributed by atoms with Crippen LogP contribution in [0.1, 0.15) is 41.4 Å². The zero-order chi connectivity index (χ0) is 31.3. The lowest BCUT2D eigenvalue weighted by atomic mass is 9.94. The second kappa shape index (κ2) is 12.9. The molecule has 1 atom stereocenters. The van der Waals surface area contributed by atoms with Gasteiger partial charge in [-0.2, -0.15) is 0 Å². The van der Waals surface area contributed by atoms with Crippen molar-refractivity contribution in [2.24, 2.45) is 11.5 Å². The van der Waals surface area contributed by atoms with E-state index in [1.54, 1.807) is 41.7 Å². The summed E-state index contributed by atoms with van der Waals surface area (Å²) in [5.74, 6) is -1.49. The second-order valence-corrected chi connectivity index (χ2v) is 9.05. The molecule has 0 fully saturated rings. The van der Waals surface area contributed by atoms with Crippen molar-refractivity contribution in [3.63, 3.8) is 0 Å². The van der Waals surface area contributed by atoms with Crippen molar-refractivity contribution in [3.05, 3.63) is 95.1 Å². The van der Waals surface area contributed by atoms with Crippen molar-refractivity contribution in [3.8, 4) is 0 Å². The molecule has 2 heterocycles. The van der Waals surface area contributed by atoms with Crippen LogP contribution in [0.2, 0.25) is 0 Å². The van der Waals surface area contributed by atoms with Crippen molar-refractivity contribution in [1.29, 1.82) is 0 Å². The van der Waals surface area contributed by atoms with Crippen LogP contribution in [0.25, 0.3) is 21.5 Å². The zero-order valence-corrected chi connectivity index (χ0v) is 22.5. The summed E-state index contributed by atoms with van der Waals surface area (Å²) in [6.45, 7) is -0.185. The van der Waals surface area contributed by atoms with Gasteiger partial charge >= 0.3 is 12.1 Å². The summed E-state index contributed by atoms with van der Waals surface area (Å²) in [5, 5.41) is 15.8. The molecule has 0 bridgehead atoms. The Kier molecular flexibility index (Phi) is 9.05. The molecule has 220 valence electrons. The van der Waals surface area contributed by atoms with Gasteiger partial charge < -0.3 is 16.2 Å². The predicted octanol–water partition coefficient (Wildman–Crippen LogP) is 2.35. The van der Waals surface area contributed by atoms with E-state index in [4.69, 9.17) is 9.99 Å². The maximum Gasteiger partial charge on any atom is 0.320 e. The molecule has 0 aromatic heterocycles. The normalized spacial score (nSPS) is 13.8. The number of benzene rings is 4. The highest BCUT2D eigenvalue weighted by atomic mass is 17.1. The largest absolute Gasteiger partial charge is 0.352 e. The van der Waals surface area contributed by atoms with Crippen LogP contribution in [0.4, 0.5) is 9.59 Å². The number of methoxy groups -OCH3 is 1. The number of carbonyl (C=O) groups is 6. The molecule has 43 heavy (non-hydrogen) atoms. The Morgan fingerprint density at radius 3 is 1.51 bits per heavy atom. The molecule has 0 aliphatic carbocycles. The van der Waals surface area contributed by atoms with E-state index in [2.05, 4.69) is 21.7 Å². The monoisotopic (exact) mass is 587 g/mol. The quantitative estimate of drug-likeness (QED) is 0.102. The topological polar surface area (TPSA) is 220 Å². The van der Waals surface area contributed by atoms with Crippen molar-refractivity contribution in [2.75, 3.05) is 13.7 Å². The molecule has 2 aliphatic rings. The van der Waals surface area contributed by atoms with Gasteiger partial charge in [-0.05, 0) is 35.0 Å². The number of primary amides is 2. The first kappa shape index (κ1) is 30.3. The van der Waals surface area contributed by atoms with Crippen LogP contribution in [0.3, 0.4) is 0 Å². The molecule has 14 nitrogen and oxygen atoms in total. The Morgan fingerprint density at radius 2 is 1.16 bits per heavy atom. The summed E-state index contributed by atoms with van der Waals surface area (Å²) in [6.07, 6.45) is -1.08. The van der Waals surface area contributed by atoms with Gasteiger partial charge in [0.1, 0.15) is 0 Å². The number of nitrogens with zero attached hydrogens (tertiary/aromatic N) is 1. The minimum absolute atomic E-state index is 0.185. The average Bonchev–Trinajstić information content (AvgIpc) is 2.98. The van der Waals surface area contributed by atoms with Gasteiger partial charge in [0.25, 0.3) is 23.6 Å². The van der Waals surface area contributed by atoms with Gasteiger partial charge in [-0.3, -0.25) is 34.7 Å². The van der Waals surface area contributed by atoms with Gasteiger partial charge in [-0.25, -0.2) is 19.7 Å². The van der Waals surface area contributed by atoms with E-state index < -0.39 is 30.2 Å². The van der Waals surface area contributed by atoms with Crippen molar-refractivity contribution in [2.45, 2.75) is 6.29 Å². The number of nitrogens with one attached hydrogen (secondary N) is 2. The molecule has 0 saturated carbocycles. The molecule has 8 amide bonds. The number of urea groups is 2. The molecule has 6 rings (SSSR count). The third-order valence-corrected chi connectivity index (χ3v) is 6.44. The number of hydrogen-bond acceptors (Lipinski definition) is 9. The highest BCUT2D eigenvalue weighted by Gasteiger charge is 2.34. The highest BCUT2D eigenvalue weighted by Crippen LogP contribution is 2.30. The highest BCUT2D eigenvalue weighted by molar-refractivity contribution is 6.26. The maximum atomic E-state index is 12.5. The first-order chi connectivity index (χ1) is 20.6. The third-order valence-electron chi connectivity index (χ3n) is 6.44. The van der Waals surface area contributed by atoms with E-state index in [-0.39, 0.29) is 18.4 Å². The first-order valence-corrected chi connectivity index (χ1v) is 12.5. The van der Waals surface area contributed by atoms with Crippen LogP contribution in [0, 0.1) is 0 Å². The lowest BCUT2D eigenvalue weighted by Gasteiger charge is -2.28. The molecular formula is C29H25N5O9. The van der Waals surface area contributed by atoms with Crippen LogP contribution in [-0.4, -0.2) is 65.8 Å². The van der Waals surface area contributed by atoms with Gasteiger partial charge in [-0.15, -0.1) is 0 Å². The van der Waals surface area contributed by atoms with Gasteiger partial charge in [-0.1, -0.05) is 48.5 Å². The Morgan fingerprint density at radius 1 is 0.767 bits per heavy atom. The van der Waals surface area contributed by atoms with Crippen LogP contribution in [0.5, 0.6) is 0 Å². The van der Waals surface area contributed by atoms with Crippen LogP contribution < -0.4 is 22.1 Å². The van der Waals surface area contributed by atoms with Crippen molar-refractivity contribution in [1.82, 2.24) is 15.5 Å². The lowest BCUT2D eigenvalue weighted by molar-refractivity contribution is -0.340. The molecule has 4 aromatic rings. The molecule has 2 aliphatic heterocycles. The summed E-state index contributed by atoms with van der Waals surface area (Å²) >= 11 is 0. The van der Waals surface area contributed by atoms with Crippen LogP contribution in [-0.2, 0) is 9.62 Å². The molecule has 4 aromatic carbocycles. The molecule has 0 radical (unpaired) electrons. The molecule has 14 heteroatoms. The molecule has 0 spiro atoms. The number of hydrogen-bond donors (Lipinski definition) is 5. The van der Waals surface area contributed by atoms with E-state index in [0.717, 1.165) is 21.1 Å². The fourth-order valence-corrected chi connectivity index (χ4v) is 4.62. The minimum atomic E-state index is -1.08. The van der Waals surface area contributed by atoms with Crippen molar-refractivity contribution >= 4 is 57.2 Å². The Hall–Kier alpha value is -5.70. The number of carbonyl (C=O) groups excluding carboxylic acids is 6. The van der Waals surface area contributed by atoms with E-state index >= 15 is 0 Å². The number of nitrogens with two attached hydrogens (primary N) is 2. The summed E-state index contributed by atoms with van der Waals surface area (Å²) in [6, 6.07) is 19.6. The summed E-state index contributed by atoms with van der Waals surface area (Å²) < 4.78 is 4.84. The van der Waals surface area contributed by atoms with E-state index in [9.17, 15) is 28.8 Å². The second-order valence-electron chi connectivity index (χ2n) is 9.05. The van der Waals surface area contributed by atoms with Crippen LogP contribution >= 0.6 is 0 Å². The van der Waals surface area contributed by atoms with E-state index in [1.807, 2.05) is 36.4 Å². The van der Waals surface area contributed by atoms with Gasteiger partial charge in [0.2, 0.25) is 6.29 Å². The fraction of sp³-hybridized carbons (Fsp3) is 0.103. The average molecular weight is 588 g/mol. The first-order valence-electron chi connectivity index (χ1n) is 12.5. The molecule has 1 unspecified atom stereocenters. The molecule has 7 N–H and O–H groups in total. The van der Waals surface area contributed by atoms with Gasteiger partial charge in [0.15, 0.2) is 0 Å². The Bertz CT molecular complexity index is 1670. The summed E-state index contributed by atoms with van der Waals surface area (Å²) in [4.78, 5) is 72.4. The fourth-order valence-electron chi connectivity index (χ4n) is 4.62. The number of imide groups is 3. The Labute approximate surface area is 243 Å². The maximum absolute atomic E-state index is 12.5. The lowest BCUT2D eigenvalue weighted by Crippen LogP contribution is -2.45. The van der Waals surface area contributed by atoms with Crippen LogP contribution in [0.15, 0.2) is 72.8 Å².